The van der Waals surface area contributed by atoms with E-state index in [-0.39, 0.29) is 23.3 Å². The van der Waals surface area contributed by atoms with Gasteiger partial charge >= 0.3 is 0 Å². The lowest BCUT2D eigenvalue weighted by atomic mass is 9.99. The van der Waals surface area contributed by atoms with Gasteiger partial charge in [-0.05, 0) is 37.1 Å². The van der Waals surface area contributed by atoms with E-state index >= 15 is 0 Å². The molecule has 2 heterocycles. The molecule has 1 saturated heterocycles. The first kappa shape index (κ1) is 17.6. The van der Waals surface area contributed by atoms with Crippen molar-refractivity contribution in [3.8, 4) is 0 Å². The first-order valence-electron chi connectivity index (χ1n) is 7.91. The number of carbonyl (C=O) groups excluding carboxylic acids is 1. The molecule has 0 bridgehead atoms. The average Bonchev–Trinajstić information content (AvgIpc) is 3.04. The van der Waals surface area contributed by atoms with Crippen molar-refractivity contribution >= 4 is 21.6 Å². The summed E-state index contributed by atoms with van der Waals surface area (Å²) >= 11 is 0. The summed E-state index contributed by atoms with van der Waals surface area (Å²) in [5.74, 6) is -1.12. The van der Waals surface area contributed by atoms with Crippen LogP contribution in [0, 0.1) is 11.7 Å². The summed E-state index contributed by atoms with van der Waals surface area (Å²) in [6.45, 7) is 0.463. The minimum atomic E-state index is -3.71. The highest BCUT2D eigenvalue weighted by atomic mass is 32.2. The van der Waals surface area contributed by atoms with Crippen molar-refractivity contribution in [3.05, 3.63) is 42.6 Å². The predicted molar refractivity (Wildman–Crippen MR) is 89.7 cm³/mol. The zero-order valence-electron chi connectivity index (χ0n) is 13.7. The van der Waals surface area contributed by atoms with E-state index in [1.807, 2.05) is 0 Å². The molecule has 1 aromatic heterocycles. The molecule has 2 aromatic rings. The number of carbonyl (C=O) groups is 1. The molecule has 1 fully saturated rings. The fourth-order valence-electron chi connectivity index (χ4n) is 2.81. The van der Waals surface area contributed by atoms with Crippen LogP contribution in [-0.4, -0.2) is 41.3 Å². The Morgan fingerprint density at radius 1 is 1.32 bits per heavy atom. The van der Waals surface area contributed by atoms with E-state index in [0.717, 1.165) is 0 Å². The molecular weight excluding hydrogens is 347 g/mol. The first-order valence-corrected chi connectivity index (χ1v) is 9.35. The van der Waals surface area contributed by atoms with Gasteiger partial charge in [-0.15, -0.1) is 0 Å². The highest BCUT2D eigenvalue weighted by molar-refractivity contribution is 7.89. The quantitative estimate of drug-likeness (QED) is 0.891. The van der Waals surface area contributed by atoms with E-state index in [1.54, 1.807) is 11.6 Å². The molecule has 1 unspecified atom stereocenters. The highest BCUT2D eigenvalue weighted by Gasteiger charge is 2.34. The molecule has 0 spiro atoms. The number of sulfonamides is 1. The lowest BCUT2D eigenvalue weighted by molar-refractivity contribution is -0.120. The molecular formula is C16H19FN4O3S. The van der Waals surface area contributed by atoms with Crippen LogP contribution in [0.5, 0.6) is 0 Å². The number of nitrogens with one attached hydrogen (secondary N) is 1. The smallest absolute Gasteiger partial charge is 0.262 e. The molecule has 1 aliphatic rings. The summed E-state index contributed by atoms with van der Waals surface area (Å²) < 4.78 is 41.1. The monoisotopic (exact) mass is 366 g/mol. The molecule has 9 heteroatoms. The molecule has 1 atom stereocenters. The number of aryl methyl sites for hydroxylation is 1. The van der Waals surface area contributed by atoms with Crippen LogP contribution in [0.2, 0.25) is 0 Å². The lowest BCUT2D eigenvalue weighted by Crippen LogP contribution is -2.43. The fourth-order valence-corrected chi connectivity index (χ4v) is 4.30. The number of piperidine rings is 1. The second-order valence-electron chi connectivity index (χ2n) is 6.08. The number of hydrogen-bond acceptors (Lipinski definition) is 4. The molecule has 1 amide bonds. The van der Waals surface area contributed by atoms with Gasteiger partial charge in [-0.1, -0.05) is 0 Å². The third-order valence-corrected chi connectivity index (χ3v) is 5.90. The van der Waals surface area contributed by atoms with Crippen LogP contribution in [0.25, 0.3) is 0 Å². The van der Waals surface area contributed by atoms with E-state index in [4.69, 9.17) is 0 Å². The SMILES string of the molecule is Cn1cnc(S(=O)(=O)N2CCCC(C(=O)Nc3ccc(F)cc3)C2)c1. The summed E-state index contributed by atoms with van der Waals surface area (Å²) in [6.07, 6.45) is 4.06. The maximum atomic E-state index is 12.9. The van der Waals surface area contributed by atoms with Crippen molar-refractivity contribution in [2.75, 3.05) is 18.4 Å². The Kier molecular flexibility index (Phi) is 4.87. The van der Waals surface area contributed by atoms with Crippen molar-refractivity contribution < 1.29 is 17.6 Å². The molecule has 25 heavy (non-hydrogen) atoms. The molecule has 1 aliphatic heterocycles. The van der Waals surface area contributed by atoms with E-state index in [0.29, 0.717) is 25.1 Å². The number of benzene rings is 1. The van der Waals surface area contributed by atoms with Gasteiger partial charge in [0.2, 0.25) is 5.91 Å². The lowest BCUT2D eigenvalue weighted by Gasteiger charge is -2.30. The molecule has 1 aromatic carbocycles. The summed E-state index contributed by atoms with van der Waals surface area (Å²) in [4.78, 5) is 16.3. The number of aromatic nitrogens is 2. The predicted octanol–water partition coefficient (Wildman–Crippen LogP) is 1.60. The van der Waals surface area contributed by atoms with Crippen LogP contribution in [0.4, 0.5) is 10.1 Å². The number of hydrogen-bond donors (Lipinski definition) is 1. The van der Waals surface area contributed by atoms with Crippen LogP contribution >= 0.6 is 0 Å². The molecule has 3 rings (SSSR count). The topological polar surface area (TPSA) is 84.3 Å². The van der Waals surface area contributed by atoms with Gasteiger partial charge in [0.1, 0.15) is 5.82 Å². The van der Waals surface area contributed by atoms with E-state index in [1.165, 1.54) is 41.1 Å². The van der Waals surface area contributed by atoms with E-state index in [2.05, 4.69) is 10.3 Å². The minimum absolute atomic E-state index is 0.0189. The van der Waals surface area contributed by atoms with Crippen LogP contribution < -0.4 is 5.32 Å². The van der Waals surface area contributed by atoms with Gasteiger partial charge in [-0.3, -0.25) is 4.79 Å². The van der Waals surface area contributed by atoms with Gasteiger partial charge in [-0.2, -0.15) is 4.31 Å². The normalized spacial score (nSPS) is 18.9. The van der Waals surface area contributed by atoms with Gasteiger partial charge in [0.25, 0.3) is 10.0 Å². The first-order chi connectivity index (χ1) is 11.9. The summed E-state index contributed by atoms with van der Waals surface area (Å²) in [5.41, 5.74) is 0.483. The Balaban J connectivity index is 1.70. The number of rotatable bonds is 4. The standard InChI is InChI=1S/C16H19FN4O3S/c1-20-10-15(18-11-20)25(23,24)21-8-2-3-12(9-21)16(22)19-14-6-4-13(17)5-7-14/h4-7,10-12H,2-3,8-9H2,1H3,(H,19,22). The second kappa shape index (κ2) is 6.93. The number of anilines is 1. The molecule has 0 aliphatic carbocycles. The zero-order valence-corrected chi connectivity index (χ0v) is 14.5. The summed E-state index contributed by atoms with van der Waals surface area (Å²) in [6, 6.07) is 5.46. The zero-order chi connectivity index (χ0) is 18.0. The average molecular weight is 366 g/mol. The Hall–Kier alpha value is -2.26. The van der Waals surface area contributed by atoms with Crippen LogP contribution in [0.3, 0.4) is 0 Å². The number of imidazole rings is 1. The van der Waals surface area contributed by atoms with E-state index < -0.39 is 15.9 Å². The van der Waals surface area contributed by atoms with Crippen molar-refractivity contribution in [2.45, 2.75) is 17.9 Å². The Labute approximate surface area is 145 Å². The minimum Gasteiger partial charge on any atom is -0.339 e. The van der Waals surface area contributed by atoms with Crippen molar-refractivity contribution in [1.29, 1.82) is 0 Å². The van der Waals surface area contributed by atoms with Crippen LogP contribution in [0.1, 0.15) is 12.8 Å². The third kappa shape index (κ3) is 3.88. The maximum Gasteiger partial charge on any atom is 0.262 e. The Morgan fingerprint density at radius 2 is 2.04 bits per heavy atom. The Bertz CT molecular complexity index is 864. The van der Waals surface area contributed by atoms with Gasteiger partial charge in [-0.25, -0.2) is 17.8 Å². The van der Waals surface area contributed by atoms with Gasteiger partial charge in [0.15, 0.2) is 5.03 Å². The number of nitrogens with zero attached hydrogens (tertiary/aromatic N) is 3. The molecule has 7 nitrogen and oxygen atoms in total. The molecule has 0 saturated carbocycles. The molecule has 1 N–H and O–H groups in total. The third-order valence-electron chi connectivity index (χ3n) is 4.15. The van der Waals surface area contributed by atoms with Crippen molar-refractivity contribution in [3.63, 3.8) is 0 Å². The van der Waals surface area contributed by atoms with Crippen LogP contribution in [-0.2, 0) is 21.9 Å². The van der Waals surface area contributed by atoms with Crippen molar-refractivity contribution in [2.24, 2.45) is 13.0 Å². The Morgan fingerprint density at radius 3 is 2.68 bits per heavy atom. The number of amides is 1. The largest absolute Gasteiger partial charge is 0.339 e. The molecule has 0 radical (unpaired) electrons. The van der Waals surface area contributed by atoms with Crippen molar-refractivity contribution in [1.82, 2.24) is 13.9 Å². The fraction of sp³-hybridized carbons (Fsp3) is 0.375. The van der Waals surface area contributed by atoms with Gasteiger partial charge in [0.05, 0.1) is 12.2 Å². The second-order valence-corrected chi connectivity index (χ2v) is 7.96. The van der Waals surface area contributed by atoms with E-state index in [9.17, 15) is 17.6 Å². The summed E-state index contributed by atoms with van der Waals surface area (Å²) in [5, 5.41) is 2.69. The highest BCUT2D eigenvalue weighted by Crippen LogP contribution is 2.24. The summed E-state index contributed by atoms with van der Waals surface area (Å²) in [7, 11) is -2.02. The maximum absolute atomic E-state index is 12.9. The number of halogens is 1. The molecule has 134 valence electrons. The van der Waals surface area contributed by atoms with Crippen LogP contribution in [0.15, 0.2) is 41.8 Å². The van der Waals surface area contributed by atoms with Gasteiger partial charge in [0, 0.05) is 32.0 Å². The van der Waals surface area contributed by atoms with Gasteiger partial charge < -0.3 is 9.88 Å².